The predicted octanol–water partition coefficient (Wildman–Crippen LogP) is 2.96. The minimum Gasteiger partial charge on any atom is -0.488 e. The molecule has 0 aromatic heterocycles. The Bertz CT molecular complexity index is 392. The molecule has 2 unspecified atom stereocenters. The number of rotatable bonds is 3. The molecule has 0 fully saturated rings. The number of ether oxygens (including phenoxy) is 1. The van der Waals surface area contributed by atoms with Gasteiger partial charge in [0, 0.05) is 0 Å². The van der Waals surface area contributed by atoms with Crippen molar-refractivity contribution in [2.24, 2.45) is 0 Å². The number of likely N-dealkylation sites (N-methyl/N-ethyl adjacent to an activating group) is 1. The van der Waals surface area contributed by atoms with Crippen molar-refractivity contribution in [2.45, 2.75) is 38.8 Å². The minimum atomic E-state index is -0.168. The van der Waals surface area contributed by atoms with Gasteiger partial charge in [0.1, 0.15) is 17.7 Å². The van der Waals surface area contributed by atoms with Gasteiger partial charge in [0.15, 0.2) is 0 Å². The van der Waals surface area contributed by atoms with Crippen LogP contribution < -0.4 is 10.1 Å². The van der Waals surface area contributed by atoms with E-state index in [9.17, 15) is 4.39 Å². The summed E-state index contributed by atoms with van der Waals surface area (Å²) < 4.78 is 19.7. The summed E-state index contributed by atoms with van der Waals surface area (Å²) in [6, 6.07) is 3.28. The molecule has 2 atom stereocenters. The standard InChI is InChI=1S/C13H18FNO/c1-4-5-10-12(15-3)11-9(14)7-6-8(2)13(11)16-10/h6-7,10,12,15H,4-5H2,1-3H3. The molecule has 0 bridgehead atoms. The van der Waals surface area contributed by atoms with Crippen molar-refractivity contribution < 1.29 is 9.13 Å². The molecule has 0 radical (unpaired) electrons. The number of aryl methyl sites for hydroxylation is 1. The van der Waals surface area contributed by atoms with Crippen LogP contribution in [0.2, 0.25) is 0 Å². The number of hydrogen-bond donors (Lipinski definition) is 1. The topological polar surface area (TPSA) is 21.3 Å². The maximum Gasteiger partial charge on any atom is 0.131 e. The third kappa shape index (κ3) is 1.69. The number of benzene rings is 1. The first kappa shape index (κ1) is 11.4. The highest BCUT2D eigenvalue weighted by Crippen LogP contribution is 2.41. The number of fused-ring (bicyclic) bond motifs is 1. The zero-order valence-corrected chi connectivity index (χ0v) is 10.0. The lowest BCUT2D eigenvalue weighted by atomic mass is 9.99. The number of nitrogens with one attached hydrogen (secondary N) is 1. The monoisotopic (exact) mass is 223 g/mol. The van der Waals surface area contributed by atoms with Gasteiger partial charge in [0.2, 0.25) is 0 Å². The Morgan fingerprint density at radius 1 is 1.44 bits per heavy atom. The molecule has 1 aromatic rings. The Balaban J connectivity index is 2.42. The van der Waals surface area contributed by atoms with E-state index in [0.717, 1.165) is 24.2 Å². The van der Waals surface area contributed by atoms with E-state index in [4.69, 9.17) is 4.74 Å². The summed E-state index contributed by atoms with van der Waals surface area (Å²) in [5.74, 6) is 0.566. The van der Waals surface area contributed by atoms with Crippen LogP contribution >= 0.6 is 0 Å². The average Bonchev–Trinajstić information content (AvgIpc) is 2.64. The Hall–Kier alpha value is -1.09. The van der Waals surface area contributed by atoms with Gasteiger partial charge in [-0.05, 0) is 32.0 Å². The fourth-order valence-corrected chi connectivity index (χ4v) is 2.38. The van der Waals surface area contributed by atoms with Gasteiger partial charge in [-0.2, -0.15) is 0 Å². The lowest BCUT2D eigenvalue weighted by molar-refractivity contribution is 0.181. The quantitative estimate of drug-likeness (QED) is 0.850. The van der Waals surface area contributed by atoms with Gasteiger partial charge in [-0.15, -0.1) is 0 Å². The highest BCUT2D eigenvalue weighted by molar-refractivity contribution is 5.47. The fraction of sp³-hybridized carbons (Fsp3) is 0.538. The molecule has 1 aromatic carbocycles. The highest BCUT2D eigenvalue weighted by atomic mass is 19.1. The van der Waals surface area contributed by atoms with Crippen LogP contribution in [-0.2, 0) is 0 Å². The molecule has 88 valence electrons. The first-order chi connectivity index (χ1) is 7.69. The summed E-state index contributed by atoms with van der Waals surface area (Å²) in [4.78, 5) is 0. The van der Waals surface area contributed by atoms with Crippen LogP contribution in [0.15, 0.2) is 12.1 Å². The van der Waals surface area contributed by atoms with E-state index in [1.807, 2.05) is 14.0 Å². The Labute approximate surface area is 95.8 Å². The van der Waals surface area contributed by atoms with E-state index in [1.54, 1.807) is 6.07 Å². The van der Waals surface area contributed by atoms with E-state index in [2.05, 4.69) is 12.2 Å². The zero-order chi connectivity index (χ0) is 11.7. The smallest absolute Gasteiger partial charge is 0.131 e. The maximum atomic E-state index is 13.8. The molecule has 1 N–H and O–H groups in total. The molecule has 2 nitrogen and oxygen atoms in total. The van der Waals surface area contributed by atoms with Crippen LogP contribution in [0.4, 0.5) is 4.39 Å². The molecule has 1 aliphatic heterocycles. The van der Waals surface area contributed by atoms with Crippen molar-refractivity contribution in [1.29, 1.82) is 0 Å². The summed E-state index contributed by atoms with van der Waals surface area (Å²) in [6.45, 7) is 4.07. The Morgan fingerprint density at radius 2 is 2.19 bits per heavy atom. The maximum absolute atomic E-state index is 13.8. The van der Waals surface area contributed by atoms with Crippen LogP contribution in [0.25, 0.3) is 0 Å². The first-order valence-electron chi connectivity index (χ1n) is 5.82. The van der Waals surface area contributed by atoms with E-state index >= 15 is 0 Å². The Morgan fingerprint density at radius 3 is 2.81 bits per heavy atom. The molecule has 16 heavy (non-hydrogen) atoms. The highest BCUT2D eigenvalue weighted by Gasteiger charge is 2.36. The van der Waals surface area contributed by atoms with Gasteiger partial charge in [0.25, 0.3) is 0 Å². The van der Waals surface area contributed by atoms with Crippen LogP contribution in [0.1, 0.15) is 36.9 Å². The molecular formula is C13H18FNO. The largest absolute Gasteiger partial charge is 0.488 e. The molecule has 0 aliphatic carbocycles. The van der Waals surface area contributed by atoms with E-state index in [-0.39, 0.29) is 18.0 Å². The number of hydrogen-bond acceptors (Lipinski definition) is 2. The molecule has 2 rings (SSSR count). The first-order valence-corrected chi connectivity index (χ1v) is 5.82. The van der Waals surface area contributed by atoms with Gasteiger partial charge in [-0.25, -0.2) is 4.39 Å². The number of halogens is 1. The van der Waals surface area contributed by atoms with Crippen molar-refractivity contribution in [3.63, 3.8) is 0 Å². The van der Waals surface area contributed by atoms with E-state index in [0.29, 0.717) is 5.56 Å². The molecular weight excluding hydrogens is 205 g/mol. The van der Waals surface area contributed by atoms with E-state index < -0.39 is 0 Å². The van der Waals surface area contributed by atoms with Gasteiger partial charge < -0.3 is 10.1 Å². The predicted molar refractivity (Wildman–Crippen MR) is 62.3 cm³/mol. The molecule has 0 amide bonds. The van der Waals surface area contributed by atoms with Crippen molar-refractivity contribution in [1.82, 2.24) is 5.32 Å². The minimum absolute atomic E-state index is 0.0187. The second-order valence-electron chi connectivity index (χ2n) is 4.32. The molecule has 3 heteroatoms. The van der Waals surface area contributed by atoms with Gasteiger partial charge >= 0.3 is 0 Å². The molecule has 1 heterocycles. The van der Waals surface area contributed by atoms with Crippen LogP contribution in [0.5, 0.6) is 5.75 Å². The molecule has 0 saturated carbocycles. The van der Waals surface area contributed by atoms with Crippen molar-refractivity contribution in [2.75, 3.05) is 7.05 Å². The van der Waals surface area contributed by atoms with Crippen molar-refractivity contribution in [3.8, 4) is 5.75 Å². The molecule has 1 aliphatic rings. The van der Waals surface area contributed by atoms with E-state index in [1.165, 1.54) is 6.07 Å². The van der Waals surface area contributed by atoms with Gasteiger partial charge in [-0.3, -0.25) is 0 Å². The zero-order valence-electron chi connectivity index (χ0n) is 10.0. The fourth-order valence-electron chi connectivity index (χ4n) is 2.38. The van der Waals surface area contributed by atoms with Crippen LogP contribution in [0.3, 0.4) is 0 Å². The van der Waals surface area contributed by atoms with Gasteiger partial charge in [0.05, 0.1) is 11.6 Å². The third-order valence-corrected chi connectivity index (χ3v) is 3.18. The molecule has 0 spiro atoms. The average molecular weight is 223 g/mol. The van der Waals surface area contributed by atoms with Crippen LogP contribution in [-0.4, -0.2) is 13.2 Å². The summed E-state index contributed by atoms with van der Waals surface area (Å²) >= 11 is 0. The Kier molecular flexibility index (Phi) is 3.15. The second-order valence-corrected chi connectivity index (χ2v) is 4.32. The van der Waals surface area contributed by atoms with Gasteiger partial charge in [-0.1, -0.05) is 19.4 Å². The second kappa shape index (κ2) is 4.42. The summed E-state index contributed by atoms with van der Waals surface area (Å²) in [5.41, 5.74) is 1.70. The van der Waals surface area contributed by atoms with Crippen molar-refractivity contribution in [3.05, 3.63) is 29.1 Å². The lowest BCUT2D eigenvalue weighted by Gasteiger charge is -2.17. The third-order valence-electron chi connectivity index (χ3n) is 3.18. The van der Waals surface area contributed by atoms with Crippen LogP contribution in [0, 0.1) is 12.7 Å². The normalized spacial score (nSPS) is 23.0. The summed E-state index contributed by atoms with van der Waals surface area (Å²) in [7, 11) is 1.85. The SMILES string of the molecule is CCCC1Oc2c(C)ccc(F)c2C1NC. The summed E-state index contributed by atoms with van der Waals surface area (Å²) in [6.07, 6.45) is 2.04. The lowest BCUT2D eigenvalue weighted by Crippen LogP contribution is -2.28. The molecule has 0 saturated heterocycles. The van der Waals surface area contributed by atoms with Crippen molar-refractivity contribution >= 4 is 0 Å². The summed E-state index contributed by atoms with van der Waals surface area (Å²) in [5, 5.41) is 3.16.